The molecule has 0 saturated carbocycles. The summed E-state index contributed by atoms with van der Waals surface area (Å²) in [7, 11) is 1.61. The summed E-state index contributed by atoms with van der Waals surface area (Å²) in [6.45, 7) is 3.56. The van der Waals surface area contributed by atoms with E-state index >= 15 is 0 Å². The summed E-state index contributed by atoms with van der Waals surface area (Å²) in [5.41, 5.74) is 6.43. The number of nitrogens with two attached hydrogens (primary N) is 1. The topological polar surface area (TPSA) is 64.3 Å². The maximum Gasteiger partial charge on any atom is 0.237 e. The molecule has 0 bridgehead atoms. The van der Waals surface area contributed by atoms with Crippen LogP contribution in [0.3, 0.4) is 0 Å². The van der Waals surface area contributed by atoms with Gasteiger partial charge in [0.05, 0.1) is 19.2 Å². The Labute approximate surface area is 95.8 Å². The molecule has 1 aromatic carbocycles. The summed E-state index contributed by atoms with van der Waals surface area (Å²) >= 11 is 0. The summed E-state index contributed by atoms with van der Waals surface area (Å²) in [5, 5.41) is 2.83. The molecule has 4 heteroatoms. The van der Waals surface area contributed by atoms with Gasteiger partial charge in [-0.05, 0) is 19.9 Å². The molecule has 3 N–H and O–H groups in total. The Bertz CT molecular complexity index is 364. The van der Waals surface area contributed by atoms with Gasteiger partial charge in [-0.15, -0.1) is 0 Å². The van der Waals surface area contributed by atoms with Crippen molar-refractivity contribution in [1.82, 2.24) is 5.32 Å². The van der Waals surface area contributed by atoms with E-state index in [0.29, 0.717) is 0 Å². The molecule has 4 nitrogen and oxygen atoms in total. The van der Waals surface area contributed by atoms with E-state index < -0.39 is 6.04 Å². The van der Waals surface area contributed by atoms with Crippen LogP contribution in [0.5, 0.6) is 5.75 Å². The Balaban J connectivity index is 2.80. The maximum absolute atomic E-state index is 11.4. The summed E-state index contributed by atoms with van der Waals surface area (Å²) in [6, 6.07) is 6.97. The number of rotatable bonds is 4. The van der Waals surface area contributed by atoms with E-state index in [1.165, 1.54) is 0 Å². The van der Waals surface area contributed by atoms with Gasteiger partial charge in [0, 0.05) is 5.56 Å². The first-order valence-corrected chi connectivity index (χ1v) is 5.25. The van der Waals surface area contributed by atoms with E-state index in [1.54, 1.807) is 14.0 Å². The number of hydrogen-bond acceptors (Lipinski definition) is 3. The zero-order valence-electron chi connectivity index (χ0n) is 9.86. The minimum Gasteiger partial charge on any atom is -0.496 e. The van der Waals surface area contributed by atoms with E-state index in [1.807, 2.05) is 31.2 Å². The summed E-state index contributed by atoms with van der Waals surface area (Å²) < 4.78 is 5.23. The fourth-order valence-electron chi connectivity index (χ4n) is 1.45. The monoisotopic (exact) mass is 222 g/mol. The third kappa shape index (κ3) is 2.97. The number of nitrogens with one attached hydrogen (secondary N) is 1. The van der Waals surface area contributed by atoms with E-state index in [-0.39, 0.29) is 11.9 Å². The van der Waals surface area contributed by atoms with Crippen LogP contribution in [0, 0.1) is 0 Å². The molecule has 1 unspecified atom stereocenters. The quantitative estimate of drug-likeness (QED) is 0.805. The maximum atomic E-state index is 11.4. The number of carbonyl (C=O) groups excluding carboxylic acids is 1. The number of hydrogen-bond donors (Lipinski definition) is 2. The molecule has 0 heterocycles. The molecular formula is C12H18N2O2. The predicted molar refractivity (Wildman–Crippen MR) is 63.2 cm³/mol. The highest BCUT2D eigenvalue weighted by Crippen LogP contribution is 2.24. The van der Waals surface area contributed by atoms with Gasteiger partial charge in [0.1, 0.15) is 5.75 Å². The second-order valence-electron chi connectivity index (χ2n) is 3.76. The highest BCUT2D eigenvalue weighted by molar-refractivity contribution is 5.81. The summed E-state index contributed by atoms with van der Waals surface area (Å²) in [4.78, 5) is 11.4. The lowest BCUT2D eigenvalue weighted by Crippen LogP contribution is -2.39. The van der Waals surface area contributed by atoms with Crippen molar-refractivity contribution in [2.75, 3.05) is 7.11 Å². The molecular weight excluding hydrogens is 204 g/mol. The molecule has 1 aromatic rings. The molecule has 0 fully saturated rings. The van der Waals surface area contributed by atoms with E-state index in [4.69, 9.17) is 10.5 Å². The van der Waals surface area contributed by atoms with Gasteiger partial charge in [0.15, 0.2) is 0 Å². The van der Waals surface area contributed by atoms with Gasteiger partial charge in [-0.25, -0.2) is 0 Å². The van der Waals surface area contributed by atoms with Gasteiger partial charge in [0.25, 0.3) is 0 Å². The number of ether oxygens (including phenoxy) is 1. The van der Waals surface area contributed by atoms with Crippen molar-refractivity contribution >= 4 is 5.91 Å². The minimum absolute atomic E-state index is 0.116. The van der Waals surface area contributed by atoms with Gasteiger partial charge in [-0.3, -0.25) is 4.79 Å². The van der Waals surface area contributed by atoms with Crippen LogP contribution in [-0.4, -0.2) is 19.1 Å². The van der Waals surface area contributed by atoms with Crippen LogP contribution in [-0.2, 0) is 4.79 Å². The van der Waals surface area contributed by atoms with Gasteiger partial charge in [-0.2, -0.15) is 0 Å². The number of amides is 1. The molecule has 16 heavy (non-hydrogen) atoms. The minimum atomic E-state index is -0.503. The third-order valence-corrected chi connectivity index (χ3v) is 2.38. The number of carbonyl (C=O) groups is 1. The molecule has 1 rings (SSSR count). The highest BCUT2D eigenvalue weighted by atomic mass is 16.5. The van der Waals surface area contributed by atoms with Gasteiger partial charge < -0.3 is 15.8 Å². The van der Waals surface area contributed by atoms with Crippen molar-refractivity contribution in [2.24, 2.45) is 5.73 Å². The van der Waals surface area contributed by atoms with Crippen molar-refractivity contribution in [3.8, 4) is 5.75 Å². The van der Waals surface area contributed by atoms with Crippen LogP contribution in [0.15, 0.2) is 24.3 Å². The lowest BCUT2D eigenvalue weighted by atomic mass is 10.1. The lowest BCUT2D eigenvalue weighted by Gasteiger charge is -2.18. The SMILES string of the molecule is COc1ccccc1[C@@H](C)NC(=O)C(C)N. The molecule has 0 aromatic heterocycles. The van der Waals surface area contributed by atoms with Crippen LogP contribution in [0.2, 0.25) is 0 Å². The molecule has 2 atom stereocenters. The van der Waals surface area contributed by atoms with E-state index in [0.717, 1.165) is 11.3 Å². The van der Waals surface area contributed by atoms with E-state index in [9.17, 15) is 4.79 Å². The number of benzene rings is 1. The Morgan fingerprint density at radius 1 is 1.38 bits per heavy atom. The second-order valence-corrected chi connectivity index (χ2v) is 3.76. The van der Waals surface area contributed by atoms with Gasteiger partial charge >= 0.3 is 0 Å². The Morgan fingerprint density at radius 3 is 2.56 bits per heavy atom. The molecule has 0 aliphatic heterocycles. The molecule has 0 saturated heterocycles. The third-order valence-electron chi connectivity index (χ3n) is 2.38. The molecule has 0 spiro atoms. The predicted octanol–water partition coefficient (Wildman–Crippen LogP) is 1.22. The van der Waals surface area contributed by atoms with Crippen LogP contribution < -0.4 is 15.8 Å². The van der Waals surface area contributed by atoms with Gasteiger partial charge in [0.2, 0.25) is 5.91 Å². The summed E-state index contributed by atoms with van der Waals surface area (Å²) in [5.74, 6) is 0.596. The van der Waals surface area contributed by atoms with Crippen molar-refractivity contribution in [3.05, 3.63) is 29.8 Å². The average molecular weight is 222 g/mol. The first kappa shape index (κ1) is 12.5. The second kappa shape index (κ2) is 5.51. The lowest BCUT2D eigenvalue weighted by molar-refractivity contribution is -0.122. The zero-order chi connectivity index (χ0) is 12.1. The van der Waals surface area contributed by atoms with Crippen molar-refractivity contribution in [3.63, 3.8) is 0 Å². The van der Waals surface area contributed by atoms with E-state index in [2.05, 4.69) is 5.32 Å². The molecule has 0 radical (unpaired) electrons. The standard InChI is InChI=1S/C12H18N2O2/c1-8(13)12(15)14-9(2)10-6-4-5-7-11(10)16-3/h4-9H,13H2,1-3H3,(H,14,15)/t8?,9-/m1/s1. The number of para-hydroxylation sites is 1. The largest absolute Gasteiger partial charge is 0.496 e. The first-order valence-electron chi connectivity index (χ1n) is 5.25. The highest BCUT2D eigenvalue weighted by Gasteiger charge is 2.15. The van der Waals surface area contributed by atoms with Gasteiger partial charge in [-0.1, -0.05) is 18.2 Å². The normalized spacial score (nSPS) is 14.0. The zero-order valence-corrected chi connectivity index (χ0v) is 9.86. The Kier molecular flexibility index (Phi) is 4.31. The van der Waals surface area contributed by atoms with Crippen molar-refractivity contribution < 1.29 is 9.53 Å². The average Bonchev–Trinajstić information content (AvgIpc) is 2.28. The first-order chi connectivity index (χ1) is 7.56. The van der Waals surface area contributed by atoms with Crippen molar-refractivity contribution in [1.29, 1.82) is 0 Å². The van der Waals surface area contributed by atoms with Crippen LogP contribution in [0.25, 0.3) is 0 Å². The number of methoxy groups -OCH3 is 1. The molecule has 88 valence electrons. The van der Waals surface area contributed by atoms with Crippen LogP contribution >= 0.6 is 0 Å². The van der Waals surface area contributed by atoms with Crippen LogP contribution in [0.4, 0.5) is 0 Å². The summed E-state index contributed by atoms with van der Waals surface area (Å²) in [6.07, 6.45) is 0. The Hall–Kier alpha value is -1.55. The van der Waals surface area contributed by atoms with Crippen LogP contribution in [0.1, 0.15) is 25.5 Å². The molecule has 0 aliphatic rings. The van der Waals surface area contributed by atoms with Crippen molar-refractivity contribution in [2.45, 2.75) is 25.9 Å². The fraction of sp³-hybridized carbons (Fsp3) is 0.417. The fourth-order valence-corrected chi connectivity index (χ4v) is 1.45. The molecule has 1 amide bonds. The smallest absolute Gasteiger partial charge is 0.237 e. The Morgan fingerprint density at radius 2 is 2.00 bits per heavy atom. The molecule has 0 aliphatic carbocycles.